The molecule has 0 bridgehead atoms. The molecule has 6 heteroatoms. The maximum atomic E-state index is 11.5. The van der Waals surface area contributed by atoms with Gasteiger partial charge in [0.15, 0.2) is 0 Å². The molecule has 0 fully saturated rings. The van der Waals surface area contributed by atoms with E-state index in [1.807, 2.05) is 0 Å². The van der Waals surface area contributed by atoms with Crippen molar-refractivity contribution < 1.29 is 19.1 Å². The summed E-state index contributed by atoms with van der Waals surface area (Å²) in [6.07, 6.45) is 1.12. The second kappa shape index (κ2) is 6.81. The quantitative estimate of drug-likeness (QED) is 0.409. The number of unbranched alkanes of at least 4 members (excludes halogenated alkanes) is 1. The van der Waals surface area contributed by atoms with Crippen LogP contribution in [0.5, 0.6) is 0 Å². The van der Waals surface area contributed by atoms with E-state index in [9.17, 15) is 9.46 Å². The first-order chi connectivity index (χ1) is 6.41. The maximum Gasteiger partial charge on any atom is 0.346 e. The molecule has 0 radical (unpaired) electrons. The average Bonchev–Trinajstić information content (AvgIpc) is 2.11. The summed E-state index contributed by atoms with van der Waals surface area (Å²) >= 11 is 5.73. The normalized spacial score (nSPS) is 18.1. The first kappa shape index (κ1) is 14.4. The minimum atomic E-state index is -3.70. The number of alkyl halides is 1. The van der Waals surface area contributed by atoms with Gasteiger partial charge in [-0.25, -0.2) is 0 Å². The summed E-state index contributed by atoms with van der Waals surface area (Å²) < 4.78 is 16.3. The Morgan fingerprint density at radius 2 is 2.00 bits per heavy atom. The molecule has 2 atom stereocenters. The van der Waals surface area contributed by atoms with E-state index in [0.717, 1.165) is 0 Å². The van der Waals surface area contributed by atoms with E-state index in [2.05, 4.69) is 0 Å². The molecule has 4 nitrogen and oxygen atoms in total. The number of aliphatic hydroxyl groups is 1. The summed E-state index contributed by atoms with van der Waals surface area (Å²) in [6, 6.07) is 0. The summed E-state index contributed by atoms with van der Waals surface area (Å²) in [5, 5.41) is 7.62. The van der Waals surface area contributed by atoms with Crippen molar-refractivity contribution in [2.75, 3.05) is 13.2 Å². The molecule has 0 aliphatic heterocycles. The van der Waals surface area contributed by atoms with E-state index >= 15 is 0 Å². The van der Waals surface area contributed by atoms with E-state index < -0.39 is 12.7 Å². The Labute approximate surface area is 89.8 Å². The van der Waals surface area contributed by atoms with Crippen LogP contribution in [0, 0.1) is 5.92 Å². The number of aliphatic hydroxyl groups excluding tert-OH is 1. The second-order valence-electron chi connectivity index (χ2n) is 3.44. The highest BCUT2D eigenvalue weighted by molar-refractivity contribution is 7.55. The predicted molar refractivity (Wildman–Crippen MR) is 56.6 cm³/mol. The number of halogens is 1. The van der Waals surface area contributed by atoms with Gasteiger partial charge in [0.1, 0.15) is 5.12 Å². The fraction of sp³-hybridized carbons (Fsp3) is 1.00. The van der Waals surface area contributed by atoms with Gasteiger partial charge in [0, 0.05) is 6.61 Å². The summed E-state index contributed by atoms with van der Waals surface area (Å²) in [5.74, 6) is -0.106. The zero-order chi connectivity index (χ0) is 11.2. The van der Waals surface area contributed by atoms with Gasteiger partial charge in [0.05, 0.1) is 6.61 Å². The molecular formula is C8H18ClO4P. The van der Waals surface area contributed by atoms with Crippen LogP contribution in [-0.2, 0) is 9.09 Å². The monoisotopic (exact) mass is 244 g/mol. The maximum absolute atomic E-state index is 11.5. The van der Waals surface area contributed by atoms with Crippen LogP contribution in [0.4, 0.5) is 0 Å². The molecular weight excluding hydrogens is 227 g/mol. The van der Waals surface area contributed by atoms with E-state index in [1.165, 1.54) is 0 Å². The Morgan fingerprint density at radius 1 is 1.43 bits per heavy atom. The summed E-state index contributed by atoms with van der Waals surface area (Å²) in [5.41, 5.74) is 0. The lowest BCUT2D eigenvalue weighted by Crippen LogP contribution is -2.11. The zero-order valence-electron chi connectivity index (χ0n) is 8.52. The molecule has 2 N–H and O–H groups in total. The first-order valence-electron chi connectivity index (χ1n) is 4.63. The molecule has 0 aromatic heterocycles. The largest absolute Gasteiger partial charge is 0.396 e. The molecule has 0 amide bonds. The summed E-state index contributed by atoms with van der Waals surface area (Å²) in [6.45, 7) is 3.74. The van der Waals surface area contributed by atoms with E-state index in [1.54, 1.807) is 13.8 Å². The fourth-order valence-corrected chi connectivity index (χ4v) is 2.31. The molecule has 0 aromatic rings. The van der Waals surface area contributed by atoms with Crippen molar-refractivity contribution in [1.82, 2.24) is 0 Å². The topological polar surface area (TPSA) is 66.8 Å². The molecule has 0 saturated carbocycles. The summed E-state index contributed by atoms with van der Waals surface area (Å²) in [4.78, 5) is 9.39. The lowest BCUT2D eigenvalue weighted by atomic mass is 10.3. The van der Waals surface area contributed by atoms with Gasteiger partial charge in [0.25, 0.3) is 0 Å². The van der Waals surface area contributed by atoms with E-state index in [0.29, 0.717) is 12.8 Å². The van der Waals surface area contributed by atoms with Crippen molar-refractivity contribution in [2.24, 2.45) is 5.92 Å². The lowest BCUT2D eigenvalue weighted by Gasteiger charge is -2.19. The van der Waals surface area contributed by atoms with Gasteiger partial charge in [0.2, 0.25) is 0 Å². The van der Waals surface area contributed by atoms with Gasteiger partial charge in [-0.05, 0) is 18.8 Å². The molecule has 0 aliphatic carbocycles. The molecule has 0 rings (SSSR count). The fourth-order valence-electron chi connectivity index (χ4n) is 0.857. The van der Waals surface area contributed by atoms with Crippen molar-refractivity contribution in [3.05, 3.63) is 0 Å². The third-order valence-corrected chi connectivity index (χ3v) is 4.71. The van der Waals surface area contributed by atoms with Crippen molar-refractivity contribution in [1.29, 1.82) is 0 Å². The molecule has 14 heavy (non-hydrogen) atoms. The first-order valence-corrected chi connectivity index (χ1v) is 6.72. The Bertz CT molecular complexity index is 198. The van der Waals surface area contributed by atoms with Crippen LogP contribution in [0.15, 0.2) is 0 Å². The van der Waals surface area contributed by atoms with Crippen molar-refractivity contribution in [3.8, 4) is 0 Å². The van der Waals surface area contributed by atoms with Gasteiger partial charge < -0.3 is 14.5 Å². The van der Waals surface area contributed by atoms with Crippen LogP contribution < -0.4 is 0 Å². The minimum Gasteiger partial charge on any atom is -0.396 e. The SMILES string of the molecule is CC(C)C(Cl)P(=O)(O)OCCCCO. The molecule has 0 saturated heterocycles. The Kier molecular flexibility index (Phi) is 7.00. The molecule has 0 aromatic carbocycles. The Hall–Kier alpha value is 0.400. The van der Waals surface area contributed by atoms with Gasteiger partial charge in [-0.3, -0.25) is 4.57 Å². The van der Waals surface area contributed by atoms with Crippen LogP contribution >= 0.6 is 19.2 Å². The highest BCUT2D eigenvalue weighted by Crippen LogP contribution is 2.52. The van der Waals surface area contributed by atoms with Gasteiger partial charge in [-0.1, -0.05) is 13.8 Å². The van der Waals surface area contributed by atoms with Crippen molar-refractivity contribution >= 4 is 19.2 Å². The highest BCUT2D eigenvalue weighted by atomic mass is 35.5. The summed E-state index contributed by atoms with van der Waals surface area (Å²) in [7, 11) is -3.70. The Morgan fingerprint density at radius 3 is 2.43 bits per heavy atom. The van der Waals surface area contributed by atoms with Gasteiger partial charge in [-0.2, -0.15) is 0 Å². The Balaban J connectivity index is 3.89. The molecule has 86 valence electrons. The van der Waals surface area contributed by atoms with Crippen LogP contribution in [-0.4, -0.2) is 28.3 Å². The van der Waals surface area contributed by atoms with E-state index in [4.69, 9.17) is 21.2 Å². The van der Waals surface area contributed by atoms with E-state index in [-0.39, 0.29) is 19.1 Å². The molecule has 0 heterocycles. The smallest absolute Gasteiger partial charge is 0.346 e. The molecule has 2 unspecified atom stereocenters. The minimum absolute atomic E-state index is 0.0631. The third-order valence-electron chi connectivity index (χ3n) is 1.69. The van der Waals surface area contributed by atoms with Crippen LogP contribution in [0.3, 0.4) is 0 Å². The number of hydrogen-bond acceptors (Lipinski definition) is 3. The molecule has 0 spiro atoms. The van der Waals surface area contributed by atoms with Gasteiger partial charge in [-0.15, -0.1) is 11.6 Å². The zero-order valence-corrected chi connectivity index (χ0v) is 10.2. The predicted octanol–water partition coefficient (Wildman–Crippen LogP) is 2.18. The van der Waals surface area contributed by atoms with Crippen molar-refractivity contribution in [2.45, 2.75) is 31.8 Å². The van der Waals surface area contributed by atoms with Crippen LogP contribution in [0.1, 0.15) is 26.7 Å². The van der Waals surface area contributed by atoms with Gasteiger partial charge >= 0.3 is 7.60 Å². The number of hydrogen-bond donors (Lipinski definition) is 2. The highest BCUT2D eigenvalue weighted by Gasteiger charge is 2.32. The second-order valence-corrected chi connectivity index (χ2v) is 6.16. The lowest BCUT2D eigenvalue weighted by molar-refractivity contribution is 0.227. The van der Waals surface area contributed by atoms with Crippen molar-refractivity contribution in [3.63, 3.8) is 0 Å². The average molecular weight is 245 g/mol. The van der Waals surface area contributed by atoms with Crippen LogP contribution in [0.2, 0.25) is 0 Å². The third kappa shape index (κ3) is 5.32. The van der Waals surface area contributed by atoms with Crippen LogP contribution in [0.25, 0.3) is 0 Å². The molecule has 0 aliphatic rings. The standard InChI is InChI=1S/C8H18ClO4P/c1-7(2)8(9)14(11,12)13-6-4-3-5-10/h7-8,10H,3-6H2,1-2H3,(H,11,12). The number of rotatable bonds is 7.